The molecule has 0 saturated carbocycles. The minimum absolute atomic E-state index is 0.0902. The second-order valence-corrected chi connectivity index (χ2v) is 4.16. The molecule has 0 aromatic rings. The largest absolute Gasteiger partial charge is 0.466 e. The van der Waals surface area contributed by atoms with Crippen LogP contribution in [-0.4, -0.2) is 36.6 Å². The van der Waals surface area contributed by atoms with Gasteiger partial charge in [-0.3, -0.25) is 9.59 Å². The first-order valence-corrected chi connectivity index (χ1v) is 6.18. The minimum Gasteiger partial charge on any atom is -0.466 e. The molecule has 1 fully saturated rings. The molecule has 1 N–H and O–H groups in total. The van der Waals surface area contributed by atoms with Crippen molar-refractivity contribution in [3.63, 3.8) is 0 Å². The average Bonchev–Trinajstić information content (AvgIpc) is 2.71. The van der Waals surface area contributed by atoms with Gasteiger partial charge in [-0.25, -0.2) is 4.79 Å². The van der Waals surface area contributed by atoms with E-state index in [-0.39, 0.29) is 37.7 Å². The van der Waals surface area contributed by atoms with Gasteiger partial charge in [0.1, 0.15) is 5.54 Å². The summed E-state index contributed by atoms with van der Waals surface area (Å²) in [6.07, 6.45) is 0.953. The third-order valence-electron chi connectivity index (χ3n) is 2.88. The third-order valence-corrected chi connectivity index (χ3v) is 2.88. The lowest BCUT2D eigenvalue weighted by atomic mass is 9.91. The number of hydrogen-bond acceptors (Lipinski definition) is 5. The van der Waals surface area contributed by atoms with Gasteiger partial charge in [0.2, 0.25) is 5.91 Å². The van der Waals surface area contributed by atoms with Gasteiger partial charge in [-0.2, -0.15) is 0 Å². The Balaban J connectivity index is 2.64. The Labute approximate surface area is 106 Å². The number of nitrogens with one attached hydrogen (secondary N) is 1. The van der Waals surface area contributed by atoms with Gasteiger partial charge < -0.3 is 14.8 Å². The molecular formula is C12H19NO5. The van der Waals surface area contributed by atoms with E-state index in [9.17, 15) is 14.4 Å². The van der Waals surface area contributed by atoms with Crippen molar-refractivity contribution in [2.45, 2.75) is 45.1 Å². The maximum atomic E-state index is 11.9. The molecule has 1 atom stereocenters. The van der Waals surface area contributed by atoms with Gasteiger partial charge in [-0.05, 0) is 26.7 Å². The van der Waals surface area contributed by atoms with Gasteiger partial charge in [-0.15, -0.1) is 0 Å². The molecule has 1 heterocycles. The van der Waals surface area contributed by atoms with Crippen LogP contribution in [0.3, 0.4) is 0 Å². The SMILES string of the molecule is CCOC(=O)CCC1(C(=O)OCC)CCC(=O)N1. The Hall–Kier alpha value is -1.59. The predicted octanol–water partition coefficient (Wildman–Crippen LogP) is 0.542. The van der Waals surface area contributed by atoms with Crippen molar-refractivity contribution >= 4 is 17.8 Å². The minimum atomic E-state index is -1.06. The van der Waals surface area contributed by atoms with Gasteiger partial charge in [0.15, 0.2) is 0 Å². The second-order valence-electron chi connectivity index (χ2n) is 4.16. The fraction of sp³-hybridized carbons (Fsp3) is 0.750. The van der Waals surface area contributed by atoms with Gasteiger partial charge in [0.25, 0.3) is 0 Å². The Morgan fingerprint density at radius 2 is 1.94 bits per heavy atom. The zero-order valence-corrected chi connectivity index (χ0v) is 10.8. The van der Waals surface area contributed by atoms with Gasteiger partial charge >= 0.3 is 11.9 Å². The summed E-state index contributed by atoms with van der Waals surface area (Å²) in [6.45, 7) is 3.97. The molecule has 1 aliphatic rings. The van der Waals surface area contributed by atoms with Crippen molar-refractivity contribution in [1.82, 2.24) is 5.32 Å². The van der Waals surface area contributed by atoms with E-state index in [4.69, 9.17) is 9.47 Å². The molecular weight excluding hydrogens is 238 g/mol. The smallest absolute Gasteiger partial charge is 0.331 e. The highest BCUT2D eigenvalue weighted by atomic mass is 16.5. The standard InChI is InChI=1S/C12H19NO5/c1-3-17-10(15)6-8-12(11(16)18-4-2)7-5-9(14)13-12/h3-8H2,1-2H3,(H,13,14). The van der Waals surface area contributed by atoms with E-state index in [2.05, 4.69) is 5.32 Å². The Morgan fingerprint density at radius 1 is 1.28 bits per heavy atom. The first-order chi connectivity index (χ1) is 8.54. The quantitative estimate of drug-likeness (QED) is 0.702. The Kier molecular flexibility index (Phi) is 5.12. The van der Waals surface area contributed by atoms with E-state index in [1.54, 1.807) is 13.8 Å². The van der Waals surface area contributed by atoms with Gasteiger partial charge in [-0.1, -0.05) is 0 Å². The number of hydrogen-bond donors (Lipinski definition) is 1. The zero-order valence-electron chi connectivity index (χ0n) is 10.8. The highest BCUT2D eigenvalue weighted by Gasteiger charge is 2.45. The average molecular weight is 257 g/mol. The summed E-state index contributed by atoms with van der Waals surface area (Å²) in [5, 5.41) is 2.63. The number of carbonyl (C=O) groups excluding carboxylic acids is 3. The van der Waals surface area contributed by atoms with Crippen LogP contribution >= 0.6 is 0 Å². The fourth-order valence-corrected chi connectivity index (χ4v) is 1.98. The van der Waals surface area contributed by atoms with Crippen LogP contribution in [0.4, 0.5) is 0 Å². The summed E-state index contributed by atoms with van der Waals surface area (Å²) in [5.41, 5.74) is -1.06. The molecule has 102 valence electrons. The molecule has 1 unspecified atom stereocenters. The normalized spacial score (nSPS) is 22.4. The zero-order chi connectivity index (χ0) is 13.6. The lowest BCUT2D eigenvalue weighted by Crippen LogP contribution is -2.50. The maximum Gasteiger partial charge on any atom is 0.331 e. The van der Waals surface area contributed by atoms with Crippen molar-refractivity contribution < 1.29 is 23.9 Å². The lowest BCUT2D eigenvalue weighted by Gasteiger charge is -2.26. The Bertz CT molecular complexity index is 341. The van der Waals surface area contributed by atoms with E-state index >= 15 is 0 Å². The van der Waals surface area contributed by atoms with Gasteiger partial charge in [0, 0.05) is 12.8 Å². The summed E-state index contributed by atoms with van der Waals surface area (Å²) >= 11 is 0. The molecule has 18 heavy (non-hydrogen) atoms. The van der Waals surface area contributed by atoms with E-state index < -0.39 is 11.5 Å². The number of esters is 2. The van der Waals surface area contributed by atoms with Crippen LogP contribution in [0.15, 0.2) is 0 Å². The summed E-state index contributed by atoms with van der Waals surface area (Å²) in [4.78, 5) is 34.5. The van der Waals surface area contributed by atoms with Crippen LogP contribution in [0.1, 0.15) is 39.5 Å². The van der Waals surface area contributed by atoms with Crippen molar-refractivity contribution in [2.75, 3.05) is 13.2 Å². The molecule has 1 saturated heterocycles. The number of rotatable bonds is 6. The van der Waals surface area contributed by atoms with Crippen LogP contribution in [0.25, 0.3) is 0 Å². The molecule has 1 aliphatic heterocycles. The van der Waals surface area contributed by atoms with E-state index in [0.717, 1.165) is 0 Å². The summed E-state index contributed by atoms with van der Waals surface area (Å²) in [7, 11) is 0. The lowest BCUT2D eigenvalue weighted by molar-refractivity contribution is -0.153. The molecule has 0 aliphatic carbocycles. The monoisotopic (exact) mass is 257 g/mol. The first kappa shape index (κ1) is 14.5. The third kappa shape index (κ3) is 3.45. The Morgan fingerprint density at radius 3 is 2.44 bits per heavy atom. The van der Waals surface area contributed by atoms with Crippen molar-refractivity contribution in [3.8, 4) is 0 Å². The van der Waals surface area contributed by atoms with Crippen LogP contribution < -0.4 is 5.32 Å². The molecule has 6 heteroatoms. The molecule has 1 amide bonds. The predicted molar refractivity (Wildman–Crippen MR) is 62.6 cm³/mol. The molecule has 1 rings (SSSR count). The second kappa shape index (κ2) is 6.37. The molecule has 0 radical (unpaired) electrons. The highest BCUT2D eigenvalue weighted by Crippen LogP contribution is 2.27. The van der Waals surface area contributed by atoms with Crippen molar-refractivity contribution in [2.24, 2.45) is 0 Å². The van der Waals surface area contributed by atoms with Crippen LogP contribution in [0.5, 0.6) is 0 Å². The van der Waals surface area contributed by atoms with Gasteiger partial charge in [0.05, 0.1) is 13.2 Å². The van der Waals surface area contributed by atoms with Crippen molar-refractivity contribution in [3.05, 3.63) is 0 Å². The molecule has 0 spiro atoms. The summed E-state index contributed by atoms with van der Waals surface area (Å²) in [6, 6.07) is 0. The molecule has 0 bridgehead atoms. The highest BCUT2D eigenvalue weighted by molar-refractivity contribution is 5.92. The molecule has 0 aromatic carbocycles. The first-order valence-electron chi connectivity index (χ1n) is 6.18. The summed E-state index contributed by atoms with van der Waals surface area (Å²) < 4.78 is 9.77. The molecule has 6 nitrogen and oxygen atoms in total. The summed E-state index contributed by atoms with van der Waals surface area (Å²) in [5.74, 6) is -1.03. The van der Waals surface area contributed by atoms with Crippen LogP contribution in [0.2, 0.25) is 0 Å². The van der Waals surface area contributed by atoms with E-state index in [1.807, 2.05) is 0 Å². The number of ether oxygens (including phenoxy) is 2. The molecule has 0 aromatic heterocycles. The number of amides is 1. The van der Waals surface area contributed by atoms with E-state index in [0.29, 0.717) is 13.0 Å². The topological polar surface area (TPSA) is 81.7 Å². The van der Waals surface area contributed by atoms with Crippen LogP contribution in [-0.2, 0) is 23.9 Å². The number of carbonyl (C=O) groups is 3. The fourth-order valence-electron chi connectivity index (χ4n) is 1.98. The van der Waals surface area contributed by atoms with Crippen molar-refractivity contribution in [1.29, 1.82) is 0 Å². The van der Waals surface area contributed by atoms with E-state index in [1.165, 1.54) is 0 Å². The van der Waals surface area contributed by atoms with Crippen LogP contribution in [0, 0.1) is 0 Å². The maximum absolute atomic E-state index is 11.9.